The molecule has 3 aromatic carbocycles. The Morgan fingerprint density at radius 1 is 0.976 bits per heavy atom. The number of thiocarbonyl (C=S) groups is 1. The Morgan fingerprint density at radius 3 is 2.32 bits per heavy atom. The highest BCUT2D eigenvalue weighted by Gasteiger charge is 2.42. The number of carbonyl (C=O) groups is 3. The fourth-order valence-corrected chi connectivity index (χ4v) is 5.43. The molecule has 5 rings (SSSR count). The average Bonchev–Trinajstić information content (AvgIpc) is 2.93. The standard InChI is InChI=1S/C28H23N3O9S/c1-9-14(32)7-13-18(21(9)33)25(37)20-19(22(13)34)24(36)17-12(26(20)40-3)5-4-10-6-11(8-30-31-28(41)29-2)16(27(38)39)23(35)15(10)17/h6-8,32-33,35-36H,4-5H2,1-3H3,(H,38,39)(H2,29,31,41)/b30-8+. The molecule has 0 spiro atoms. The molecule has 0 saturated carbocycles. The third kappa shape index (κ3) is 3.92. The van der Waals surface area contributed by atoms with Gasteiger partial charge in [-0.05, 0) is 49.7 Å². The summed E-state index contributed by atoms with van der Waals surface area (Å²) in [5.41, 5.74) is 1.23. The summed E-state index contributed by atoms with van der Waals surface area (Å²) in [6, 6.07) is 2.52. The van der Waals surface area contributed by atoms with E-state index in [9.17, 15) is 39.9 Å². The number of aryl methyl sites for hydroxylation is 1. The van der Waals surface area contributed by atoms with Crippen LogP contribution in [0, 0.1) is 6.92 Å². The van der Waals surface area contributed by atoms with Crippen LogP contribution < -0.4 is 15.5 Å². The summed E-state index contributed by atoms with van der Waals surface area (Å²) in [7, 11) is 2.83. The van der Waals surface area contributed by atoms with Crippen molar-refractivity contribution in [2.24, 2.45) is 5.10 Å². The van der Waals surface area contributed by atoms with E-state index in [1.807, 2.05) is 0 Å². The molecule has 0 aromatic heterocycles. The molecule has 41 heavy (non-hydrogen) atoms. The molecule has 0 bridgehead atoms. The van der Waals surface area contributed by atoms with E-state index in [0.29, 0.717) is 5.56 Å². The first kappa shape index (κ1) is 27.4. The van der Waals surface area contributed by atoms with Gasteiger partial charge in [0.25, 0.3) is 0 Å². The number of fused-ring (bicyclic) bond motifs is 5. The van der Waals surface area contributed by atoms with Crippen molar-refractivity contribution in [1.29, 1.82) is 0 Å². The van der Waals surface area contributed by atoms with Gasteiger partial charge in [-0.1, -0.05) is 0 Å². The Labute approximate surface area is 237 Å². The van der Waals surface area contributed by atoms with Gasteiger partial charge in [-0.2, -0.15) is 5.10 Å². The van der Waals surface area contributed by atoms with Crippen molar-refractivity contribution >= 4 is 41.1 Å². The van der Waals surface area contributed by atoms with Crippen LogP contribution in [0.15, 0.2) is 17.2 Å². The van der Waals surface area contributed by atoms with Gasteiger partial charge in [0.2, 0.25) is 5.78 Å². The molecule has 13 heteroatoms. The van der Waals surface area contributed by atoms with E-state index in [-0.39, 0.29) is 68.2 Å². The fraction of sp³-hybridized carbons (Fsp3) is 0.179. The van der Waals surface area contributed by atoms with Crippen LogP contribution in [0.25, 0.3) is 11.1 Å². The number of hydrogen-bond donors (Lipinski definition) is 7. The molecule has 0 amide bonds. The van der Waals surface area contributed by atoms with Gasteiger partial charge in [0, 0.05) is 40.4 Å². The van der Waals surface area contributed by atoms with Crippen LogP contribution in [0.1, 0.15) is 64.5 Å². The number of carbonyl (C=O) groups excluding carboxylic acids is 2. The lowest BCUT2D eigenvalue weighted by molar-refractivity contribution is 0.0693. The number of benzene rings is 3. The van der Waals surface area contributed by atoms with Crippen molar-refractivity contribution in [3.63, 3.8) is 0 Å². The SMILES string of the molecule is CNC(=S)N/N=C/c1cc2c(c(O)c1C(=O)O)-c1c(O)c3c(c(OC)c1CC2)C(=O)c1c(cc(O)c(C)c1O)C3=O. The molecular formula is C28H23N3O9S. The summed E-state index contributed by atoms with van der Waals surface area (Å²) in [5.74, 6) is -5.58. The zero-order chi connectivity index (χ0) is 29.9. The van der Waals surface area contributed by atoms with Crippen LogP contribution in [0.3, 0.4) is 0 Å². The number of ketones is 2. The number of carboxylic acid groups (broad SMARTS) is 1. The molecule has 210 valence electrons. The van der Waals surface area contributed by atoms with E-state index in [4.69, 9.17) is 17.0 Å². The van der Waals surface area contributed by atoms with Crippen molar-refractivity contribution in [2.45, 2.75) is 19.8 Å². The minimum absolute atomic E-state index is 0.00290. The summed E-state index contributed by atoms with van der Waals surface area (Å²) < 4.78 is 5.58. The van der Waals surface area contributed by atoms with E-state index in [1.165, 1.54) is 26.3 Å². The van der Waals surface area contributed by atoms with Crippen LogP contribution in [-0.4, -0.2) is 68.6 Å². The molecule has 2 aliphatic carbocycles. The van der Waals surface area contributed by atoms with Crippen molar-refractivity contribution in [2.75, 3.05) is 14.2 Å². The first-order valence-electron chi connectivity index (χ1n) is 12.2. The molecule has 0 heterocycles. The molecule has 0 atom stereocenters. The van der Waals surface area contributed by atoms with Gasteiger partial charge < -0.3 is 35.6 Å². The molecule has 0 unspecified atom stereocenters. The second-order valence-corrected chi connectivity index (χ2v) is 9.82. The maximum atomic E-state index is 13.7. The van der Waals surface area contributed by atoms with Crippen molar-refractivity contribution in [1.82, 2.24) is 10.7 Å². The number of hydrogen-bond acceptors (Lipinski definition) is 10. The van der Waals surface area contributed by atoms with E-state index < -0.39 is 51.7 Å². The number of aromatic carboxylic acids is 1. The maximum Gasteiger partial charge on any atom is 0.340 e. The van der Waals surface area contributed by atoms with Crippen LogP contribution in [0.5, 0.6) is 28.7 Å². The Hall–Kier alpha value is -5.17. The number of nitrogens with zero attached hydrogens (tertiary/aromatic N) is 1. The molecular weight excluding hydrogens is 554 g/mol. The molecule has 0 fully saturated rings. The fourth-order valence-electron chi connectivity index (χ4n) is 5.38. The normalized spacial score (nSPS) is 13.2. The molecule has 12 nitrogen and oxygen atoms in total. The number of rotatable bonds is 4. The van der Waals surface area contributed by atoms with E-state index in [0.717, 1.165) is 6.07 Å². The van der Waals surface area contributed by atoms with Crippen LogP contribution in [-0.2, 0) is 12.8 Å². The van der Waals surface area contributed by atoms with Crippen molar-refractivity contribution < 1.29 is 44.7 Å². The highest BCUT2D eigenvalue weighted by atomic mass is 32.1. The largest absolute Gasteiger partial charge is 0.508 e. The lowest BCUT2D eigenvalue weighted by atomic mass is 9.74. The number of aromatic hydroxyl groups is 4. The lowest BCUT2D eigenvalue weighted by Gasteiger charge is -2.30. The monoisotopic (exact) mass is 577 g/mol. The van der Waals surface area contributed by atoms with E-state index in [1.54, 1.807) is 7.05 Å². The van der Waals surface area contributed by atoms with Gasteiger partial charge in [0.15, 0.2) is 10.9 Å². The average molecular weight is 578 g/mol. The summed E-state index contributed by atoms with van der Waals surface area (Å²) in [4.78, 5) is 39.6. The van der Waals surface area contributed by atoms with Gasteiger partial charge in [-0.25, -0.2) is 4.79 Å². The summed E-state index contributed by atoms with van der Waals surface area (Å²) in [6.07, 6.45) is 1.60. The topological polar surface area (TPSA) is 198 Å². The molecule has 0 radical (unpaired) electrons. The third-order valence-electron chi connectivity index (χ3n) is 7.30. The molecule has 3 aromatic rings. The summed E-state index contributed by atoms with van der Waals surface area (Å²) in [5, 5.41) is 60.4. The molecule has 0 aliphatic heterocycles. The Kier molecular flexibility index (Phi) is 6.54. The third-order valence-corrected chi connectivity index (χ3v) is 7.60. The van der Waals surface area contributed by atoms with E-state index in [2.05, 4.69) is 15.8 Å². The number of phenolic OH excluding ortho intramolecular Hbond substituents is 3. The smallest absolute Gasteiger partial charge is 0.340 e. The molecule has 0 saturated heterocycles. The highest BCUT2D eigenvalue weighted by molar-refractivity contribution is 7.80. The quantitative estimate of drug-likeness (QED) is 0.106. The molecule has 7 N–H and O–H groups in total. The number of phenols is 4. The second kappa shape index (κ2) is 9.78. The van der Waals surface area contributed by atoms with Crippen molar-refractivity contribution in [3.05, 3.63) is 62.2 Å². The zero-order valence-corrected chi connectivity index (χ0v) is 22.7. The van der Waals surface area contributed by atoms with Crippen LogP contribution in [0.4, 0.5) is 0 Å². The number of ether oxygens (including phenoxy) is 1. The maximum absolute atomic E-state index is 13.7. The summed E-state index contributed by atoms with van der Waals surface area (Å²) in [6.45, 7) is 1.38. The zero-order valence-electron chi connectivity index (χ0n) is 21.9. The highest BCUT2D eigenvalue weighted by Crippen LogP contribution is 2.54. The minimum Gasteiger partial charge on any atom is -0.508 e. The lowest BCUT2D eigenvalue weighted by Crippen LogP contribution is -2.28. The number of carboxylic acids is 1. The van der Waals surface area contributed by atoms with Gasteiger partial charge in [-0.15, -0.1) is 0 Å². The van der Waals surface area contributed by atoms with Crippen LogP contribution in [0.2, 0.25) is 0 Å². The predicted octanol–water partition coefficient (Wildman–Crippen LogP) is 2.49. The number of nitrogens with one attached hydrogen (secondary N) is 2. The Balaban J connectivity index is 1.80. The Morgan fingerprint density at radius 2 is 1.68 bits per heavy atom. The van der Waals surface area contributed by atoms with E-state index >= 15 is 0 Å². The summed E-state index contributed by atoms with van der Waals surface area (Å²) >= 11 is 4.95. The number of methoxy groups -OCH3 is 1. The second-order valence-electron chi connectivity index (χ2n) is 9.41. The predicted molar refractivity (Wildman–Crippen MR) is 150 cm³/mol. The van der Waals surface area contributed by atoms with Gasteiger partial charge >= 0.3 is 5.97 Å². The first-order valence-corrected chi connectivity index (χ1v) is 12.6. The Bertz CT molecular complexity index is 1780. The van der Waals surface area contributed by atoms with Gasteiger partial charge in [-0.3, -0.25) is 15.0 Å². The minimum atomic E-state index is -1.49. The van der Waals surface area contributed by atoms with Crippen molar-refractivity contribution in [3.8, 4) is 39.9 Å². The van der Waals surface area contributed by atoms with Crippen LogP contribution >= 0.6 is 12.2 Å². The first-order chi connectivity index (χ1) is 19.4. The molecule has 2 aliphatic rings. The van der Waals surface area contributed by atoms with Gasteiger partial charge in [0.05, 0.1) is 30.0 Å². The number of hydrazone groups is 1. The van der Waals surface area contributed by atoms with Gasteiger partial charge in [0.1, 0.15) is 34.3 Å².